The maximum absolute atomic E-state index is 12.4. The van der Waals surface area contributed by atoms with Crippen molar-refractivity contribution < 1.29 is 4.79 Å². The van der Waals surface area contributed by atoms with Gasteiger partial charge in [0.15, 0.2) is 0 Å². The van der Waals surface area contributed by atoms with Crippen molar-refractivity contribution in [2.45, 2.75) is 57.1 Å². The van der Waals surface area contributed by atoms with E-state index in [1.165, 1.54) is 55.0 Å². The number of thioether (sulfide) groups is 1. The van der Waals surface area contributed by atoms with Crippen molar-refractivity contribution in [1.29, 1.82) is 0 Å². The number of hydrogen-bond donors (Lipinski definition) is 1. The first-order valence-electron chi connectivity index (χ1n) is 9.44. The molecule has 1 heterocycles. The van der Waals surface area contributed by atoms with Crippen molar-refractivity contribution >= 4 is 17.7 Å². The lowest BCUT2D eigenvalue weighted by molar-refractivity contribution is -0.127. The summed E-state index contributed by atoms with van der Waals surface area (Å²) in [6.45, 7) is 2.70. The number of hydrogen-bond acceptors (Lipinski definition) is 4. The number of aromatic nitrogens is 3. The summed E-state index contributed by atoms with van der Waals surface area (Å²) in [5.74, 6) is 2.26. The van der Waals surface area contributed by atoms with Crippen molar-refractivity contribution in [3.8, 4) is 0 Å². The first-order valence-corrected chi connectivity index (χ1v) is 10.4. The second-order valence-corrected chi connectivity index (χ2v) is 8.16. The monoisotopic (exact) mass is 372 g/mol. The Hall–Kier alpha value is -1.82. The normalized spacial score (nSPS) is 14.7. The van der Waals surface area contributed by atoms with Gasteiger partial charge in [0.2, 0.25) is 11.1 Å². The van der Waals surface area contributed by atoms with Gasteiger partial charge in [-0.3, -0.25) is 9.89 Å². The van der Waals surface area contributed by atoms with Crippen molar-refractivity contribution in [3.05, 3.63) is 41.2 Å². The van der Waals surface area contributed by atoms with Crippen molar-refractivity contribution in [1.82, 2.24) is 20.1 Å². The van der Waals surface area contributed by atoms with Crippen LogP contribution in [0.25, 0.3) is 0 Å². The molecule has 3 rings (SSSR count). The van der Waals surface area contributed by atoms with E-state index in [4.69, 9.17) is 0 Å². The topological polar surface area (TPSA) is 61.9 Å². The van der Waals surface area contributed by atoms with Gasteiger partial charge in [-0.2, -0.15) is 0 Å². The van der Waals surface area contributed by atoms with Gasteiger partial charge in [-0.05, 0) is 30.4 Å². The zero-order chi connectivity index (χ0) is 18.4. The summed E-state index contributed by atoms with van der Waals surface area (Å²) in [5, 5.41) is 7.94. The van der Waals surface area contributed by atoms with Crippen molar-refractivity contribution in [3.63, 3.8) is 0 Å². The van der Waals surface area contributed by atoms with Crippen LogP contribution in [0.4, 0.5) is 0 Å². The second kappa shape index (κ2) is 9.21. The first kappa shape index (κ1) is 19.0. The van der Waals surface area contributed by atoms with Gasteiger partial charge in [0.05, 0.1) is 5.75 Å². The highest BCUT2D eigenvalue weighted by molar-refractivity contribution is 7.99. The number of rotatable bonds is 8. The Bertz CT molecular complexity index is 724. The maximum Gasteiger partial charge on any atom is 0.233 e. The Balaban J connectivity index is 1.43. The summed E-state index contributed by atoms with van der Waals surface area (Å²) in [5.41, 5.74) is 2.39. The Morgan fingerprint density at radius 1 is 1.31 bits per heavy atom. The van der Waals surface area contributed by atoms with Crippen LogP contribution in [-0.4, -0.2) is 38.8 Å². The fraction of sp³-hybridized carbons (Fsp3) is 0.550. The Kier molecular flexibility index (Phi) is 6.72. The molecule has 5 nitrogen and oxygen atoms in total. The van der Waals surface area contributed by atoms with Gasteiger partial charge in [0.1, 0.15) is 5.82 Å². The molecule has 0 radical (unpaired) electrons. The van der Waals surface area contributed by atoms with E-state index in [9.17, 15) is 4.79 Å². The van der Waals surface area contributed by atoms with Gasteiger partial charge in [-0.15, -0.1) is 5.10 Å². The molecule has 1 fully saturated rings. The molecular weight excluding hydrogens is 344 g/mol. The summed E-state index contributed by atoms with van der Waals surface area (Å²) >= 11 is 1.41. The molecule has 1 aromatic heterocycles. The van der Waals surface area contributed by atoms with Gasteiger partial charge in [0, 0.05) is 20.0 Å². The fourth-order valence-corrected chi connectivity index (χ4v) is 4.22. The predicted octanol–water partition coefficient (Wildman–Crippen LogP) is 3.99. The number of nitrogens with one attached hydrogen (secondary N) is 1. The standard InChI is InChI=1S/C20H28N4OS/c1-15-7-3-6-10-17(15)13-24(2)19(25)14-26-20-21-18(22-23-20)12-11-16-8-4-5-9-16/h3,6-7,10,16H,4-5,8-9,11-14H2,1-2H3,(H,21,22,23). The minimum atomic E-state index is 0.0931. The molecule has 1 aliphatic carbocycles. The van der Waals surface area contributed by atoms with E-state index < -0.39 is 0 Å². The minimum absolute atomic E-state index is 0.0931. The van der Waals surface area contributed by atoms with E-state index in [1.54, 1.807) is 4.90 Å². The van der Waals surface area contributed by atoms with Crippen LogP contribution < -0.4 is 0 Å². The molecule has 0 unspecified atom stereocenters. The summed E-state index contributed by atoms with van der Waals surface area (Å²) in [4.78, 5) is 18.7. The summed E-state index contributed by atoms with van der Waals surface area (Å²) in [6, 6.07) is 8.17. The van der Waals surface area contributed by atoms with Crippen LogP contribution in [0, 0.1) is 12.8 Å². The van der Waals surface area contributed by atoms with Crippen LogP contribution in [0.5, 0.6) is 0 Å². The summed E-state index contributed by atoms with van der Waals surface area (Å²) < 4.78 is 0. The maximum atomic E-state index is 12.4. The van der Waals surface area contributed by atoms with Crippen LogP contribution in [-0.2, 0) is 17.8 Å². The first-order chi connectivity index (χ1) is 12.6. The van der Waals surface area contributed by atoms with E-state index in [1.807, 2.05) is 19.2 Å². The van der Waals surface area contributed by atoms with Gasteiger partial charge < -0.3 is 4.90 Å². The molecule has 1 aliphatic rings. The van der Waals surface area contributed by atoms with Crippen LogP contribution in [0.2, 0.25) is 0 Å². The van der Waals surface area contributed by atoms with Crippen LogP contribution >= 0.6 is 11.8 Å². The fourth-order valence-electron chi connectivity index (χ4n) is 3.46. The number of amides is 1. The molecule has 0 spiro atoms. The van der Waals surface area contributed by atoms with E-state index in [2.05, 4.69) is 34.2 Å². The van der Waals surface area contributed by atoms with Crippen molar-refractivity contribution in [2.24, 2.45) is 5.92 Å². The molecule has 2 aromatic rings. The lowest BCUT2D eigenvalue weighted by Crippen LogP contribution is -2.28. The van der Waals surface area contributed by atoms with Gasteiger partial charge in [-0.25, -0.2) is 4.98 Å². The molecule has 1 amide bonds. The molecular formula is C20H28N4OS. The average molecular weight is 373 g/mol. The molecule has 0 aliphatic heterocycles. The number of H-pyrrole nitrogens is 1. The number of benzene rings is 1. The van der Waals surface area contributed by atoms with Crippen molar-refractivity contribution in [2.75, 3.05) is 12.8 Å². The molecule has 26 heavy (non-hydrogen) atoms. The molecule has 140 valence electrons. The quantitative estimate of drug-likeness (QED) is 0.712. The smallest absolute Gasteiger partial charge is 0.233 e. The van der Waals surface area contributed by atoms with E-state index in [0.29, 0.717) is 17.5 Å². The third-order valence-corrected chi connectivity index (χ3v) is 6.03. The van der Waals surface area contributed by atoms with Crippen LogP contribution in [0.3, 0.4) is 0 Å². The van der Waals surface area contributed by atoms with E-state index >= 15 is 0 Å². The van der Waals surface area contributed by atoms with Gasteiger partial charge in [-0.1, -0.05) is 61.7 Å². The van der Waals surface area contributed by atoms with Crippen LogP contribution in [0.1, 0.15) is 49.1 Å². The van der Waals surface area contributed by atoms with E-state index in [-0.39, 0.29) is 5.91 Å². The number of aryl methyl sites for hydroxylation is 2. The van der Waals surface area contributed by atoms with E-state index in [0.717, 1.165) is 18.2 Å². The number of carbonyl (C=O) groups excluding carboxylic acids is 1. The number of aromatic amines is 1. The zero-order valence-electron chi connectivity index (χ0n) is 15.7. The summed E-state index contributed by atoms with van der Waals surface area (Å²) in [7, 11) is 1.85. The molecule has 6 heteroatoms. The van der Waals surface area contributed by atoms with Gasteiger partial charge >= 0.3 is 0 Å². The number of nitrogens with zero attached hydrogens (tertiary/aromatic N) is 3. The Morgan fingerprint density at radius 2 is 2.08 bits per heavy atom. The molecule has 0 saturated heterocycles. The Morgan fingerprint density at radius 3 is 2.85 bits per heavy atom. The lowest BCUT2D eigenvalue weighted by Gasteiger charge is -2.18. The van der Waals surface area contributed by atoms with Gasteiger partial charge in [0.25, 0.3) is 0 Å². The molecule has 1 N–H and O–H groups in total. The Labute approximate surface area is 160 Å². The zero-order valence-corrected chi connectivity index (χ0v) is 16.5. The molecule has 0 atom stereocenters. The molecule has 0 bridgehead atoms. The summed E-state index contributed by atoms with van der Waals surface area (Å²) in [6.07, 6.45) is 7.62. The van der Waals surface area contributed by atoms with Crippen LogP contribution in [0.15, 0.2) is 29.4 Å². The third kappa shape index (κ3) is 5.34. The highest BCUT2D eigenvalue weighted by Gasteiger charge is 2.16. The molecule has 1 aromatic carbocycles. The largest absolute Gasteiger partial charge is 0.341 e. The third-order valence-electron chi connectivity index (χ3n) is 5.19. The highest BCUT2D eigenvalue weighted by atomic mass is 32.2. The molecule has 1 saturated carbocycles. The highest BCUT2D eigenvalue weighted by Crippen LogP contribution is 2.28. The lowest BCUT2D eigenvalue weighted by atomic mass is 10.0. The SMILES string of the molecule is Cc1ccccc1CN(C)C(=O)CSc1n[nH]c(CCC2CCCC2)n1. The average Bonchev–Trinajstić information content (AvgIpc) is 3.31. The minimum Gasteiger partial charge on any atom is -0.341 e. The predicted molar refractivity (Wildman–Crippen MR) is 105 cm³/mol. The second-order valence-electron chi connectivity index (χ2n) is 7.22. The number of carbonyl (C=O) groups is 1.